The summed E-state index contributed by atoms with van der Waals surface area (Å²) in [4.78, 5) is 10.7. The van der Waals surface area contributed by atoms with E-state index in [4.69, 9.17) is 9.84 Å². The van der Waals surface area contributed by atoms with Crippen LogP contribution in [0.2, 0.25) is 0 Å². The number of aryl methyl sites for hydroxylation is 1. The predicted molar refractivity (Wildman–Crippen MR) is 118 cm³/mol. The molecule has 1 aliphatic carbocycles. The summed E-state index contributed by atoms with van der Waals surface area (Å²) in [5.41, 5.74) is 2.93. The summed E-state index contributed by atoms with van der Waals surface area (Å²) >= 11 is 0. The van der Waals surface area contributed by atoms with E-state index in [9.17, 15) is 18.7 Å². The number of fused-ring (bicyclic) bond motifs is 1. The Morgan fingerprint density at radius 3 is 2.50 bits per heavy atom. The fraction of sp³-hybridized carbons (Fsp3) is 0.480. The van der Waals surface area contributed by atoms with Gasteiger partial charge in [-0.2, -0.15) is 4.39 Å². The molecule has 2 aromatic carbocycles. The van der Waals surface area contributed by atoms with E-state index in [1.807, 2.05) is 0 Å². The van der Waals surface area contributed by atoms with E-state index in [0.29, 0.717) is 11.5 Å². The normalized spacial score (nSPS) is 14.9. The van der Waals surface area contributed by atoms with E-state index in [-0.39, 0.29) is 37.3 Å². The van der Waals surface area contributed by atoms with E-state index in [0.717, 1.165) is 25.3 Å². The van der Waals surface area contributed by atoms with Crippen LogP contribution in [0.4, 0.5) is 8.78 Å². The van der Waals surface area contributed by atoms with Crippen LogP contribution < -0.4 is 10.1 Å². The average molecular weight is 448 g/mol. The number of benzene rings is 2. The summed E-state index contributed by atoms with van der Waals surface area (Å²) in [7, 11) is 0. The van der Waals surface area contributed by atoms with Crippen molar-refractivity contribution >= 4 is 5.97 Å². The molecule has 1 aliphatic rings. The van der Waals surface area contributed by atoms with Gasteiger partial charge in [-0.05, 0) is 74.3 Å². The monoisotopic (exact) mass is 447 g/mol. The average Bonchev–Trinajstić information content (AvgIpc) is 3.13. The molecule has 0 saturated heterocycles. The maximum absolute atomic E-state index is 14.0. The largest absolute Gasteiger partial charge is 0.488 e. The van der Waals surface area contributed by atoms with Gasteiger partial charge < -0.3 is 20.3 Å². The highest BCUT2D eigenvalue weighted by Gasteiger charge is 2.28. The molecule has 0 bridgehead atoms. The Hall–Kier alpha value is -2.51. The SMILES string of the molecule is CC(C)(CC1Cc2ccccc2C1)NC[C@H](O)COc1cc(CCC(=O)O)cc(F)c1F. The van der Waals surface area contributed by atoms with E-state index >= 15 is 0 Å². The second kappa shape index (κ2) is 10.4. The van der Waals surface area contributed by atoms with E-state index in [1.54, 1.807) is 0 Å². The summed E-state index contributed by atoms with van der Waals surface area (Å²) in [5, 5.41) is 22.4. The molecule has 7 heteroatoms. The topological polar surface area (TPSA) is 78.8 Å². The van der Waals surface area contributed by atoms with Gasteiger partial charge in [0.25, 0.3) is 0 Å². The molecule has 3 N–H and O–H groups in total. The van der Waals surface area contributed by atoms with Crippen molar-refractivity contribution < 1.29 is 28.5 Å². The molecule has 0 aromatic heterocycles. The van der Waals surface area contributed by atoms with E-state index in [2.05, 4.69) is 43.4 Å². The van der Waals surface area contributed by atoms with Gasteiger partial charge in [-0.25, -0.2) is 4.39 Å². The molecule has 0 fully saturated rings. The van der Waals surface area contributed by atoms with Crippen LogP contribution in [0.25, 0.3) is 0 Å². The van der Waals surface area contributed by atoms with Gasteiger partial charge in [0.2, 0.25) is 5.82 Å². The molecule has 5 nitrogen and oxygen atoms in total. The second-order valence-electron chi connectivity index (χ2n) is 9.26. The number of aliphatic hydroxyl groups is 1. The molecule has 0 amide bonds. The summed E-state index contributed by atoms with van der Waals surface area (Å²) in [6, 6.07) is 10.7. The lowest BCUT2D eigenvalue weighted by Gasteiger charge is -2.30. The lowest BCUT2D eigenvalue weighted by molar-refractivity contribution is -0.136. The fourth-order valence-electron chi connectivity index (χ4n) is 4.35. The van der Waals surface area contributed by atoms with Crippen molar-refractivity contribution in [2.45, 2.75) is 57.6 Å². The molecular formula is C25H31F2NO4. The minimum atomic E-state index is -1.15. The number of hydrogen-bond acceptors (Lipinski definition) is 4. The Labute approximate surface area is 187 Å². The maximum atomic E-state index is 14.0. The molecule has 0 saturated carbocycles. The summed E-state index contributed by atoms with van der Waals surface area (Å²) in [6.45, 7) is 4.21. The number of carbonyl (C=O) groups is 1. The molecule has 0 unspecified atom stereocenters. The number of aliphatic hydroxyl groups excluding tert-OH is 1. The first kappa shape index (κ1) is 24.1. The zero-order valence-electron chi connectivity index (χ0n) is 18.5. The van der Waals surface area contributed by atoms with E-state index < -0.39 is 23.7 Å². The highest BCUT2D eigenvalue weighted by atomic mass is 19.2. The number of carboxylic acid groups (broad SMARTS) is 1. The minimum absolute atomic E-state index is 0.0617. The number of β-amino-alcohol motifs (C(OH)–C–C–N with tert-alkyl or cyclic N) is 1. The van der Waals surface area contributed by atoms with Crippen molar-refractivity contribution in [3.8, 4) is 5.75 Å². The van der Waals surface area contributed by atoms with Crippen LogP contribution in [0.5, 0.6) is 5.75 Å². The zero-order chi connectivity index (χ0) is 23.3. The van der Waals surface area contributed by atoms with Gasteiger partial charge >= 0.3 is 5.97 Å². The molecular weight excluding hydrogens is 416 g/mol. The third-order valence-corrected chi connectivity index (χ3v) is 5.86. The molecule has 0 aliphatic heterocycles. The fourth-order valence-corrected chi connectivity index (χ4v) is 4.35. The number of nitrogens with one attached hydrogen (secondary N) is 1. The summed E-state index contributed by atoms with van der Waals surface area (Å²) < 4.78 is 33.2. The third-order valence-electron chi connectivity index (χ3n) is 5.86. The van der Waals surface area contributed by atoms with Gasteiger partial charge in [-0.3, -0.25) is 4.79 Å². The van der Waals surface area contributed by atoms with Gasteiger partial charge in [-0.1, -0.05) is 24.3 Å². The van der Waals surface area contributed by atoms with Crippen molar-refractivity contribution in [2.24, 2.45) is 5.92 Å². The maximum Gasteiger partial charge on any atom is 0.303 e. The van der Waals surface area contributed by atoms with Crippen molar-refractivity contribution in [3.05, 3.63) is 64.7 Å². The number of aliphatic carboxylic acids is 1. The summed E-state index contributed by atoms with van der Waals surface area (Å²) in [5.74, 6) is -3.07. The first-order valence-electron chi connectivity index (χ1n) is 11.0. The van der Waals surface area contributed by atoms with Crippen molar-refractivity contribution in [1.82, 2.24) is 5.32 Å². The Kier molecular flexibility index (Phi) is 7.85. The smallest absolute Gasteiger partial charge is 0.303 e. The van der Waals surface area contributed by atoms with Crippen LogP contribution in [-0.4, -0.2) is 41.0 Å². The quantitative estimate of drug-likeness (QED) is 0.487. The Balaban J connectivity index is 1.47. The van der Waals surface area contributed by atoms with Crippen LogP contribution in [0.1, 0.15) is 43.4 Å². The van der Waals surface area contributed by atoms with Crippen LogP contribution in [0, 0.1) is 17.6 Å². The molecule has 174 valence electrons. The minimum Gasteiger partial charge on any atom is -0.488 e. The molecule has 32 heavy (non-hydrogen) atoms. The predicted octanol–water partition coefficient (Wildman–Crippen LogP) is 3.90. The Morgan fingerprint density at radius 2 is 1.88 bits per heavy atom. The van der Waals surface area contributed by atoms with Crippen LogP contribution in [0.3, 0.4) is 0 Å². The number of halogens is 2. The lowest BCUT2D eigenvalue weighted by atomic mass is 9.88. The number of rotatable bonds is 11. The van der Waals surface area contributed by atoms with Gasteiger partial charge in [0.15, 0.2) is 11.6 Å². The number of hydrogen-bond donors (Lipinski definition) is 3. The molecule has 1 atom stereocenters. The van der Waals surface area contributed by atoms with Crippen molar-refractivity contribution in [3.63, 3.8) is 0 Å². The molecule has 0 heterocycles. The van der Waals surface area contributed by atoms with Gasteiger partial charge in [0.05, 0.1) is 0 Å². The zero-order valence-corrected chi connectivity index (χ0v) is 18.5. The van der Waals surface area contributed by atoms with Gasteiger partial charge in [0, 0.05) is 18.5 Å². The highest BCUT2D eigenvalue weighted by molar-refractivity contribution is 5.67. The molecule has 2 aromatic rings. The molecule has 0 radical (unpaired) electrons. The first-order chi connectivity index (χ1) is 15.1. The van der Waals surface area contributed by atoms with Crippen LogP contribution in [0.15, 0.2) is 36.4 Å². The van der Waals surface area contributed by atoms with Gasteiger partial charge in [0.1, 0.15) is 12.7 Å². The van der Waals surface area contributed by atoms with E-state index in [1.165, 1.54) is 17.2 Å². The summed E-state index contributed by atoms with van der Waals surface area (Å²) in [6.07, 6.45) is 2.00. The van der Waals surface area contributed by atoms with Crippen molar-refractivity contribution in [1.29, 1.82) is 0 Å². The van der Waals surface area contributed by atoms with Gasteiger partial charge in [-0.15, -0.1) is 0 Å². The first-order valence-corrected chi connectivity index (χ1v) is 11.0. The standard InChI is InChI=1S/C25H31F2NO4/c1-25(2,13-17-9-18-5-3-4-6-19(18)10-17)28-14-20(29)15-32-22-12-16(7-8-23(30)31)11-21(26)24(22)27/h3-6,11-12,17,20,28-29H,7-10,13-15H2,1-2H3,(H,30,31)/t20-/m0/s1. The molecule has 3 rings (SSSR count). The highest BCUT2D eigenvalue weighted by Crippen LogP contribution is 2.32. The van der Waals surface area contributed by atoms with Crippen LogP contribution >= 0.6 is 0 Å². The second-order valence-corrected chi connectivity index (χ2v) is 9.26. The Morgan fingerprint density at radius 1 is 1.22 bits per heavy atom. The van der Waals surface area contributed by atoms with Crippen molar-refractivity contribution in [2.75, 3.05) is 13.2 Å². The lowest BCUT2D eigenvalue weighted by Crippen LogP contribution is -2.46. The Bertz CT molecular complexity index is 923. The third kappa shape index (κ3) is 6.74. The molecule has 0 spiro atoms. The van der Waals surface area contributed by atoms with Crippen LogP contribution in [-0.2, 0) is 24.1 Å². The number of ether oxygens (including phenoxy) is 1. The number of carboxylic acids is 1.